The zero-order valence-corrected chi connectivity index (χ0v) is 17.6. The fourth-order valence-electron chi connectivity index (χ4n) is 6.33. The molecule has 29 heavy (non-hydrogen) atoms. The summed E-state index contributed by atoms with van der Waals surface area (Å²) in [6, 6.07) is 5.79. The minimum atomic E-state index is -0.317. The number of rotatable bonds is 6. The molecule has 0 unspecified atom stereocenters. The van der Waals surface area contributed by atoms with E-state index in [0.717, 1.165) is 35.2 Å². The summed E-state index contributed by atoms with van der Waals surface area (Å²) in [6.45, 7) is 0. The number of nitrogens with zero attached hydrogens (tertiary/aromatic N) is 3. The van der Waals surface area contributed by atoms with Crippen LogP contribution in [0.3, 0.4) is 0 Å². The second-order valence-corrected chi connectivity index (χ2v) is 10.3. The molecule has 4 fully saturated rings. The van der Waals surface area contributed by atoms with Crippen molar-refractivity contribution in [1.82, 2.24) is 14.8 Å². The van der Waals surface area contributed by atoms with Crippen LogP contribution in [0.15, 0.2) is 29.4 Å². The first-order valence-corrected chi connectivity index (χ1v) is 11.5. The number of amides is 1. The minimum Gasteiger partial charge on any atom is -0.325 e. The molecule has 4 aliphatic carbocycles. The third-order valence-corrected chi connectivity index (χ3v) is 8.10. The Morgan fingerprint density at radius 1 is 1.14 bits per heavy atom. The van der Waals surface area contributed by atoms with Gasteiger partial charge in [-0.3, -0.25) is 4.79 Å². The van der Waals surface area contributed by atoms with Crippen molar-refractivity contribution in [2.24, 2.45) is 30.2 Å². The molecule has 0 aliphatic heterocycles. The van der Waals surface area contributed by atoms with Gasteiger partial charge in [0.25, 0.3) is 0 Å². The van der Waals surface area contributed by atoms with Gasteiger partial charge in [0.1, 0.15) is 11.6 Å². The van der Waals surface area contributed by atoms with E-state index in [-0.39, 0.29) is 17.5 Å². The second kappa shape index (κ2) is 7.42. The first-order valence-electron chi connectivity index (χ1n) is 10.5. The average molecular weight is 415 g/mol. The number of halogens is 1. The average Bonchev–Trinajstić information content (AvgIpc) is 3.00. The molecule has 0 radical (unpaired) electrons. The Morgan fingerprint density at radius 2 is 1.76 bits per heavy atom. The highest BCUT2D eigenvalue weighted by molar-refractivity contribution is 7.99. The van der Waals surface area contributed by atoms with Crippen LogP contribution in [0.25, 0.3) is 0 Å². The largest absolute Gasteiger partial charge is 0.325 e. The first kappa shape index (κ1) is 19.1. The highest BCUT2D eigenvalue weighted by Crippen LogP contribution is 2.60. The van der Waals surface area contributed by atoms with Crippen LogP contribution in [0.1, 0.15) is 44.3 Å². The molecular weight excluding hydrogens is 387 g/mol. The maximum atomic E-state index is 13.0. The van der Waals surface area contributed by atoms with Crippen molar-refractivity contribution in [1.29, 1.82) is 0 Å². The number of nitrogens with one attached hydrogen (secondary N) is 1. The molecule has 6 rings (SSSR count). The van der Waals surface area contributed by atoms with E-state index in [1.807, 2.05) is 7.05 Å². The maximum absolute atomic E-state index is 13.0. The molecule has 1 aromatic carbocycles. The number of anilines is 1. The van der Waals surface area contributed by atoms with E-state index in [2.05, 4.69) is 20.1 Å². The van der Waals surface area contributed by atoms with Gasteiger partial charge in [0.15, 0.2) is 5.16 Å². The van der Waals surface area contributed by atoms with E-state index < -0.39 is 0 Å². The van der Waals surface area contributed by atoms with Gasteiger partial charge in [-0.2, -0.15) is 0 Å². The van der Waals surface area contributed by atoms with Crippen LogP contribution in [-0.4, -0.2) is 26.4 Å². The molecule has 154 valence electrons. The van der Waals surface area contributed by atoms with Crippen molar-refractivity contribution >= 4 is 23.4 Å². The fraction of sp³-hybridized carbons (Fsp3) is 0.591. The lowest BCUT2D eigenvalue weighted by molar-refractivity contribution is -0.113. The van der Waals surface area contributed by atoms with E-state index in [0.29, 0.717) is 11.1 Å². The molecule has 0 saturated heterocycles. The predicted octanol–water partition coefficient (Wildman–Crippen LogP) is 4.44. The Bertz CT molecular complexity index is 875. The lowest BCUT2D eigenvalue weighted by atomic mass is 9.49. The van der Waals surface area contributed by atoms with Gasteiger partial charge in [-0.1, -0.05) is 11.8 Å². The van der Waals surface area contributed by atoms with Crippen LogP contribution in [-0.2, 0) is 18.3 Å². The van der Waals surface area contributed by atoms with Crippen LogP contribution in [0.4, 0.5) is 10.1 Å². The predicted molar refractivity (Wildman–Crippen MR) is 111 cm³/mol. The molecule has 1 N–H and O–H groups in total. The van der Waals surface area contributed by atoms with Gasteiger partial charge in [-0.25, -0.2) is 4.39 Å². The minimum absolute atomic E-state index is 0.132. The quantitative estimate of drug-likeness (QED) is 0.710. The molecule has 4 bridgehead atoms. The van der Waals surface area contributed by atoms with E-state index in [1.165, 1.54) is 62.4 Å². The van der Waals surface area contributed by atoms with Crippen molar-refractivity contribution in [2.75, 3.05) is 11.1 Å². The van der Waals surface area contributed by atoms with Gasteiger partial charge in [0, 0.05) is 19.2 Å². The van der Waals surface area contributed by atoms with Gasteiger partial charge in [0.05, 0.1) is 5.75 Å². The maximum Gasteiger partial charge on any atom is 0.234 e. The molecule has 1 heterocycles. The molecule has 7 heteroatoms. The number of carbonyl (C=O) groups is 1. The summed E-state index contributed by atoms with van der Waals surface area (Å²) in [7, 11) is 2.01. The SMILES string of the molecule is Cn1c(CC23CC4CC(CC(C4)C2)C3)nnc1SCC(=O)Nc1ccc(F)cc1. The number of aromatic nitrogens is 3. The lowest BCUT2D eigenvalue weighted by Gasteiger charge is -2.56. The molecule has 0 spiro atoms. The van der Waals surface area contributed by atoms with Gasteiger partial charge < -0.3 is 9.88 Å². The third kappa shape index (κ3) is 3.93. The molecule has 5 nitrogen and oxygen atoms in total. The first-order chi connectivity index (χ1) is 14.0. The molecular formula is C22H27FN4OS. The zero-order chi connectivity index (χ0) is 20.0. The Balaban J connectivity index is 1.20. The van der Waals surface area contributed by atoms with Crippen molar-refractivity contribution in [3.8, 4) is 0 Å². The summed E-state index contributed by atoms with van der Waals surface area (Å²) < 4.78 is 15.0. The van der Waals surface area contributed by atoms with Crippen LogP contribution in [0.2, 0.25) is 0 Å². The summed E-state index contributed by atoms with van der Waals surface area (Å²) >= 11 is 1.39. The Labute approximate surface area is 174 Å². The molecule has 2 aromatic rings. The monoisotopic (exact) mass is 414 g/mol. The number of carbonyl (C=O) groups excluding carboxylic acids is 1. The lowest BCUT2D eigenvalue weighted by Crippen LogP contribution is -2.47. The molecule has 1 amide bonds. The number of benzene rings is 1. The third-order valence-electron chi connectivity index (χ3n) is 7.08. The van der Waals surface area contributed by atoms with Gasteiger partial charge in [0.2, 0.25) is 5.91 Å². The van der Waals surface area contributed by atoms with Crippen molar-refractivity contribution in [2.45, 2.75) is 50.1 Å². The fourth-order valence-corrected chi connectivity index (χ4v) is 7.06. The smallest absolute Gasteiger partial charge is 0.234 e. The highest BCUT2D eigenvalue weighted by atomic mass is 32.2. The molecule has 4 aliphatic rings. The molecule has 4 saturated carbocycles. The van der Waals surface area contributed by atoms with Crippen LogP contribution < -0.4 is 5.32 Å². The molecule has 0 atom stereocenters. The highest BCUT2D eigenvalue weighted by Gasteiger charge is 2.51. The molecule has 1 aromatic heterocycles. The standard InChI is InChI=1S/C22H27FN4OS/c1-27-19(12-22-9-14-6-15(10-22)8-16(7-14)11-22)25-26-21(27)29-13-20(28)24-18-4-2-17(23)3-5-18/h2-5,14-16H,6-13H2,1H3,(H,24,28). The topological polar surface area (TPSA) is 59.8 Å². The Hall–Kier alpha value is -1.89. The van der Waals surface area contributed by atoms with Crippen molar-refractivity contribution in [3.05, 3.63) is 35.9 Å². The Morgan fingerprint density at radius 3 is 2.38 bits per heavy atom. The van der Waals surface area contributed by atoms with Gasteiger partial charge >= 0.3 is 0 Å². The number of hydrogen-bond acceptors (Lipinski definition) is 4. The second-order valence-electron chi connectivity index (χ2n) is 9.40. The normalized spacial score (nSPS) is 29.9. The summed E-state index contributed by atoms with van der Waals surface area (Å²) in [5, 5.41) is 12.4. The van der Waals surface area contributed by atoms with Crippen molar-refractivity contribution in [3.63, 3.8) is 0 Å². The Kier molecular flexibility index (Phi) is 4.88. The van der Waals surface area contributed by atoms with E-state index in [9.17, 15) is 9.18 Å². The van der Waals surface area contributed by atoms with E-state index >= 15 is 0 Å². The summed E-state index contributed by atoms with van der Waals surface area (Å²) in [5.74, 6) is 3.64. The van der Waals surface area contributed by atoms with Gasteiger partial charge in [-0.05, 0) is 86.0 Å². The summed E-state index contributed by atoms with van der Waals surface area (Å²) in [6.07, 6.45) is 9.42. The number of thioether (sulfide) groups is 1. The van der Waals surface area contributed by atoms with E-state index in [1.54, 1.807) is 12.1 Å². The van der Waals surface area contributed by atoms with Crippen LogP contribution in [0.5, 0.6) is 0 Å². The zero-order valence-electron chi connectivity index (χ0n) is 16.7. The summed E-state index contributed by atoms with van der Waals surface area (Å²) in [5.41, 5.74) is 1.02. The van der Waals surface area contributed by atoms with E-state index in [4.69, 9.17) is 0 Å². The van der Waals surface area contributed by atoms with Crippen molar-refractivity contribution < 1.29 is 9.18 Å². The van der Waals surface area contributed by atoms with Crippen LogP contribution >= 0.6 is 11.8 Å². The number of hydrogen-bond donors (Lipinski definition) is 1. The summed E-state index contributed by atoms with van der Waals surface area (Å²) in [4.78, 5) is 12.2. The van der Waals surface area contributed by atoms with Crippen LogP contribution in [0, 0.1) is 29.0 Å². The van der Waals surface area contributed by atoms with Gasteiger partial charge in [-0.15, -0.1) is 10.2 Å².